The van der Waals surface area contributed by atoms with Crippen molar-refractivity contribution < 1.29 is 5.11 Å². The van der Waals surface area contributed by atoms with Crippen molar-refractivity contribution in [3.05, 3.63) is 18.7 Å². The van der Waals surface area contributed by atoms with E-state index in [9.17, 15) is 0 Å². The second-order valence-corrected chi connectivity index (χ2v) is 3.72. The van der Waals surface area contributed by atoms with Gasteiger partial charge in [-0.15, -0.1) is 0 Å². The normalized spacial score (nSPS) is 9.53. The van der Waals surface area contributed by atoms with Gasteiger partial charge in [0, 0.05) is 26.0 Å². The maximum atomic E-state index is 8.42. The van der Waals surface area contributed by atoms with Crippen LogP contribution < -0.4 is 0 Å². The number of hydrogen-bond acceptors (Lipinski definition) is 2. The quantitative estimate of drug-likeness (QED) is 0.736. The van der Waals surface area contributed by atoms with E-state index in [0.29, 0.717) is 6.61 Å². The van der Waals surface area contributed by atoms with Crippen molar-refractivity contribution >= 4 is 0 Å². The summed E-state index contributed by atoms with van der Waals surface area (Å²) in [7, 11) is 1.94. The van der Waals surface area contributed by atoms with Crippen LogP contribution in [-0.2, 0) is 7.05 Å². The van der Waals surface area contributed by atoms with E-state index in [1.165, 1.54) is 32.1 Å². The summed E-state index contributed by atoms with van der Waals surface area (Å²) in [6.07, 6.45) is 12.9. The number of rotatable bonds is 6. The van der Waals surface area contributed by atoms with Crippen LogP contribution in [0.2, 0.25) is 0 Å². The smallest absolute Gasteiger partial charge is 0.0943 e. The molecule has 3 heteroatoms. The average molecular weight is 212 g/mol. The standard InChI is InChI=1S/C8H18O.C4H6N2/c1-2-3-4-5-6-7-8-9;1-6-3-2-5-4-6/h9H,2-8H2,1H3;2-4H,1H3. The van der Waals surface area contributed by atoms with Gasteiger partial charge in [-0.2, -0.15) is 0 Å². The fourth-order valence-corrected chi connectivity index (χ4v) is 1.22. The number of imidazole rings is 1. The molecule has 1 N–H and O–H groups in total. The van der Waals surface area contributed by atoms with E-state index in [4.69, 9.17) is 5.11 Å². The molecular formula is C12H24N2O. The molecule has 3 nitrogen and oxygen atoms in total. The van der Waals surface area contributed by atoms with Crippen molar-refractivity contribution in [1.29, 1.82) is 0 Å². The number of aryl methyl sites for hydroxylation is 1. The van der Waals surface area contributed by atoms with Gasteiger partial charge in [0.15, 0.2) is 0 Å². The molecule has 0 aliphatic carbocycles. The molecule has 0 spiro atoms. The Morgan fingerprint density at radius 3 is 2.20 bits per heavy atom. The zero-order chi connectivity index (χ0) is 11.4. The predicted molar refractivity (Wildman–Crippen MR) is 63.7 cm³/mol. The fraction of sp³-hybridized carbons (Fsp3) is 0.750. The first kappa shape index (κ1) is 14.2. The highest BCUT2D eigenvalue weighted by Gasteiger charge is 1.86. The summed E-state index contributed by atoms with van der Waals surface area (Å²) in [5.41, 5.74) is 0. The Morgan fingerprint density at radius 2 is 1.80 bits per heavy atom. The largest absolute Gasteiger partial charge is 0.396 e. The minimum Gasteiger partial charge on any atom is -0.396 e. The Kier molecular flexibility index (Phi) is 10.6. The molecule has 1 heterocycles. The van der Waals surface area contributed by atoms with Crippen LogP contribution in [0, 0.1) is 0 Å². The first-order valence-electron chi connectivity index (χ1n) is 5.84. The summed E-state index contributed by atoms with van der Waals surface area (Å²) >= 11 is 0. The Balaban J connectivity index is 0.000000280. The number of aliphatic hydroxyl groups excluding tert-OH is 1. The summed E-state index contributed by atoms with van der Waals surface area (Å²) in [4.78, 5) is 3.78. The van der Waals surface area contributed by atoms with E-state index in [1.807, 2.05) is 17.8 Å². The lowest BCUT2D eigenvalue weighted by atomic mass is 10.1. The zero-order valence-electron chi connectivity index (χ0n) is 10.0. The number of aromatic nitrogens is 2. The van der Waals surface area contributed by atoms with Crippen LogP contribution in [0.1, 0.15) is 45.4 Å². The fourth-order valence-electron chi connectivity index (χ4n) is 1.22. The molecule has 0 amide bonds. The molecule has 0 unspecified atom stereocenters. The summed E-state index contributed by atoms with van der Waals surface area (Å²) in [6.45, 7) is 2.58. The first-order valence-corrected chi connectivity index (χ1v) is 5.84. The summed E-state index contributed by atoms with van der Waals surface area (Å²) in [6, 6.07) is 0. The molecule has 88 valence electrons. The number of unbranched alkanes of at least 4 members (excludes halogenated alkanes) is 5. The van der Waals surface area contributed by atoms with Crippen molar-refractivity contribution in [2.45, 2.75) is 45.4 Å². The summed E-state index contributed by atoms with van der Waals surface area (Å²) in [5.74, 6) is 0. The first-order chi connectivity index (χ1) is 7.31. The zero-order valence-corrected chi connectivity index (χ0v) is 10.0. The molecule has 0 bridgehead atoms. The van der Waals surface area contributed by atoms with E-state index < -0.39 is 0 Å². The van der Waals surface area contributed by atoms with Crippen LogP contribution in [0.4, 0.5) is 0 Å². The molecule has 15 heavy (non-hydrogen) atoms. The molecule has 0 fully saturated rings. The lowest BCUT2D eigenvalue weighted by molar-refractivity contribution is 0.282. The van der Waals surface area contributed by atoms with Crippen molar-refractivity contribution in [2.75, 3.05) is 6.61 Å². The SMILES string of the molecule is CCCCCCCCO.Cn1ccnc1. The maximum Gasteiger partial charge on any atom is 0.0943 e. The minimum absolute atomic E-state index is 0.367. The third-order valence-corrected chi connectivity index (χ3v) is 2.15. The van der Waals surface area contributed by atoms with Crippen LogP contribution in [0.25, 0.3) is 0 Å². The molecule has 1 aromatic rings. The second-order valence-electron chi connectivity index (χ2n) is 3.72. The highest BCUT2D eigenvalue weighted by atomic mass is 16.2. The molecule has 1 aromatic heterocycles. The maximum absolute atomic E-state index is 8.42. The summed E-state index contributed by atoms with van der Waals surface area (Å²) in [5, 5.41) is 8.42. The predicted octanol–water partition coefficient (Wildman–Crippen LogP) is 2.76. The van der Waals surface area contributed by atoms with Crippen molar-refractivity contribution in [3.8, 4) is 0 Å². The van der Waals surface area contributed by atoms with Crippen molar-refractivity contribution in [3.63, 3.8) is 0 Å². The topological polar surface area (TPSA) is 38.0 Å². The van der Waals surface area contributed by atoms with Gasteiger partial charge in [-0.3, -0.25) is 0 Å². The van der Waals surface area contributed by atoms with Crippen LogP contribution >= 0.6 is 0 Å². The lowest BCUT2D eigenvalue weighted by Crippen LogP contribution is -1.82. The summed E-state index contributed by atoms with van der Waals surface area (Å²) < 4.78 is 1.89. The highest BCUT2D eigenvalue weighted by molar-refractivity contribution is 4.70. The van der Waals surface area contributed by atoms with Crippen LogP contribution in [0.3, 0.4) is 0 Å². The number of nitrogens with zero attached hydrogens (tertiary/aromatic N) is 2. The highest BCUT2D eigenvalue weighted by Crippen LogP contribution is 2.03. The molecular weight excluding hydrogens is 188 g/mol. The van der Waals surface area contributed by atoms with Gasteiger partial charge in [0.25, 0.3) is 0 Å². The second kappa shape index (κ2) is 11.2. The Hall–Kier alpha value is -0.830. The Bertz CT molecular complexity index is 191. The van der Waals surface area contributed by atoms with Gasteiger partial charge in [0.2, 0.25) is 0 Å². The van der Waals surface area contributed by atoms with Gasteiger partial charge in [-0.05, 0) is 6.42 Å². The van der Waals surface area contributed by atoms with Gasteiger partial charge < -0.3 is 9.67 Å². The number of aliphatic hydroxyl groups is 1. The molecule has 0 radical (unpaired) electrons. The van der Waals surface area contributed by atoms with Crippen LogP contribution in [-0.4, -0.2) is 21.3 Å². The van der Waals surface area contributed by atoms with Gasteiger partial charge in [-0.25, -0.2) is 4.98 Å². The third kappa shape index (κ3) is 11.1. The van der Waals surface area contributed by atoms with Crippen molar-refractivity contribution in [2.24, 2.45) is 7.05 Å². The van der Waals surface area contributed by atoms with Gasteiger partial charge in [-0.1, -0.05) is 39.0 Å². The number of hydrogen-bond donors (Lipinski definition) is 1. The Labute approximate surface area is 93.2 Å². The van der Waals surface area contributed by atoms with E-state index in [1.54, 1.807) is 12.5 Å². The van der Waals surface area contributed by atoms with Crippen molar-refractivity contribution in [1.82, 2.24) is 9.55 Å². The van der Waals surface area contributed by atoms with E-state index >= 15 is 0 Å². The molecule has 0 atom stereocenters. The van der Waals surface area contributed by atoms with E-state index in [-0.39, 0.29) is 0 Å². The van der Waals surface area contributed by atoms with Gasteiger partial charge in [0.05, 0.1) is 6.33 Å². The van der Waals surface area contributed by atoms with Crippen LogP contribution in [0.5, 0.6) is 0 Å². The van der Waals surface area contributed by atoms with E-state index in [2.05, 4.69) is 11.9 Å². The average Bonchev–Trinajstić information content (AvgIpc) is 2.70. The van der Waals surface area contributed by atoms with Gasteiger partial charge >= 0.3 is 0 Å². The lowest BCUT2D eigenvalue weighted by Gasteiger charge is -1.95. The Morgan fingerprint density at radius 1 is 1.13 bits per heavy atom. The molecule has 0 saturated heterocycles. The van der Waals surface area contributed by atoms with Gasteiger partial charge in [0.1, 0.15) is 0 Å². The molecule has 0 aromatic carbocycles. The third-order valence-electron chi connectivity index (χ3n) is 2.15. The molecule has 0 aliphatic rings. The minimum atomic E-state index is 0.367. The monoisotopic (exact) mass is 212 g/mol. The van der Waals surface area contributed by atoms with Crippen LogP contribution in [0.15, 0.2) is 18.7 Å². The van der Waals surface area contributed by atoms with E-state index in [0.717, 1.165) is 6.42 Å². The molecule has 0 aliphatic heterocycles. The molecule has 1 rings (SSSR count). The molecule has 0 saturated carbocycles.